The summed E-state index contributed by atoms with van der Waals surface area (Å²) in [6.07, 6.45) is 2.00. The molecule has 0 spiro atoms. The van der Waals surface area contributed by atoms with Crippen LogP contribution in [0.25, 0.3) is 10.2 Å². The number of rotatable bonds is 2. The quantitative estimate of drug-likeness (QED) is 0.926. The molecule has 2 aromatic rings. The van der Waals surface area contributed by atoms with Gasteiger partial charge in [-0.1, -0.05) is 23.5 Å². The molecule has 1 aliphatic heterocycles. The number of para-hydroxylation sites is 1. The third kappa shape index (κ3) is 2.73. The first-order valence-electron chi connectivity index (χ1n) is 6.12. The summed E-state index contributed by atoms with van der Waals surface area (Å²) in [6, 6.07) is 7.92. The summed E-state index contributed by atoms with van der Waals surface area (Å²) in [4.78, 5) is 18.4. The van der Waals surface area contributed by atoms with Gasteiger partial charge in [0.1, 0.15) is 0 Å². The summed E-state index contributed by atoms with van der Waals surface area (Å²) in [7, 11) is 1.81. The number of likely N-dealkylation sites (N-methyl/N-ethyl adjacent to an activating group) is 1. The molecule has 102 valence electrons. The van der Waals surface area contributed by atoms with Gasteiger partial charge in [-0.15, -0.1) is 12.4 Å². The molecule has 1 atom stereocenters. The largest absolute Gasteiger partial charge is 0.306 e. The minimum Gasteiger partial charge on any atom is -0.306 e. The molecule has 1 amide bonds. The molecule has 4 nitrogen and oxygen atoms in total. The second-order valence-electron chi connectivity index (χ2n) is 4.51. The molecule has 1 unspecified atom stereocenters. The van der Waals surface area contributed by atoms with Crippen molar-refractivity contribution in [2.24, 2.45) is 0 Å². The van der Waals surface area contributed by atoms with Crippen LogP contribution in [-0.4, -0.2) is 30.5 Å². The molecule has 0 saturated carbocycles. The van der Waals surface area contributed by atoms with Gasteiger partial charge in [0.2, 0.25) is 5.91 Å². The molecule has 2 heterocycles. The van der Waals surface area contributed by atoms with Crippen LogP contribution in [0.1, 0.15) is 12.8 Å². The van der Waals surface area contributed by atoms with Gasteiger partial charge in [-0.25, -0.2) is 4.98 Å². The lowest BCUT2D eigenvalue weighted by atomic mass is 10.2. The number of fused-ring (bicyclic) bond motifs is 1. The SMILES string of the molecule is CN(C(=O)C1CCCN1)c1nc2ccccc2s1.Cl. The van der Waals surface area contributed by atoms with E-state index in [0.717, 1.165) is 34.7 Å². The lowest BCUT2D eigenvalue weighted by Crippen LogP contribution is -2.41. The number of halogens is 1. The number of aromatic nitrogens is 1. The maximum Gasteiger partial charge on any atom is 0.245 e. The molecule has 1 fully saturated rings. The molecule has 19 heavy (non-hydrogen) atoms. The average Bonchev–Trinajstić information content (AvgIpc) is 3.05. The monoisotopic (exact) mass is 297 g/mol. The predicted octanol–water partition coefficient (Wildman–Crippen LogP) is 2.43. The Hall–Kier alpha value is -1.17. The van der Waals surface area contributed by atoms with Gasteiger partial charge >= 0.3 is 0 Å². The Bertz CT molecular complexity index is 547. The van der Waals surface area contributed by atoms with E-state index in [-0.39, 0.29) is 24.4 Å². The van der Waals surface area contributed by atoms with Crippen molar-refractivity contribution in [3.8, 4) is 0 Å². The number of thiazole rings is 1. The van der Waals surface area contributed by atoms with Crippen molar-refractivity contribution < 1.29 is 4.79 Å². The maximum absolute atomic E-state index is 12.3. The van der Waals surface area contributed by atoms with Gasteiger partial charge < -0.3 is 5.32 Å². The van der Waals surface area contributed by atoms with Crippen LogP contribution < -0.4 is 10.2 Å². The normalized spacial score (nSPS) is 18.3. The summed E-state index contributed by atoms with van der Waals surface area (Å²) < 4.78 is 1.12. The first-order chi connectivity index (χ1) is 8.75. The number of hydrogen-bond acceptors (Lipinski definition) is 4. The number of carbonyl (C=O) groups excluding carboxylic acids is 1. The van der Waals surface area contributed by atoms with E-state index in [1.54, 1.807) is 23.3 Å². The molecule has 1 aromatic heterocycles. The minimum absolute atomic E-state index is 0. The fraction of sp³-hybridized carbons (Fsp3) is 0.385. The van der Waals surface area contributed by atoms with Crippen molar-refractivity contribution in [3.05, 3.63) is 24.3 Å². The van der Waals surface area contributed by atoms with Crippen molar-refractivity contribution >= 4 is 45.0 Å². The van der Waals surface area contributed by atoms with E-state index in [4.69, 9.17) is 0 Å². The number of benzene rings is 1. The van der Waals surface area contributed by atoms with E-state index in [1.807, 2.05) is 24.3 Å². The van der Waals surface area contributed by atoms with Crippen LogP contribution >= 0.6 is 23.7 Å². The van der Waals surface area contributed by atoms with Crippen molar-refractivity contribution in [1.82, 2.24) is 10.3 Å². The Kier molecular flexibility index (Phi) is 4.39. The van der Waals surface area contributed by atoms with Crippen molar-refractivity contribution in [3.63, 3.8) is 0 Å². The molecule has 0 aliphatic carbocycles. The Labute approximate surface area is 122 Å². The van der Waals surface area contributed by atoms with Gasteiger partial charge in [-0.2, -0.15) is 0 Å². The number of nitrogens with one attached hydrogen (secondary N) is 1. The maximum atomic E-state index is 12.3. The van der Waals surface area contributed by atoms with Gasteiger partial charge in [-0.3, -0.25) is 9.69 Å². The highest BCUT2D eigenvalue weighted by Crippen LogP contribution is 2.28. The number of anilines is 1. The molecule has 3 rings (SSSR count). The molecular weight excluding hydrogens is 282 g/mol. The summed E-state index contributed by atoms with van der Waals surface area (Å²) in [6.45, 7) is 0.935. The van der Waals surface area contributed by atoms with Gasteiger partial charge in [0.05, 0.1) is 16.3 Å². The Morgan fingerprint density at radius 2 is 2.26 bits per heavy atom. The summed E-state index contributed by atoms with van der Waals surface area (Å²) in [5.74, 6) is 0.117. The minimum atomic E-state index is -0.0398. The molecule has 1 saturated heterocycles. The molecule has 6 heteroatoms. The highest BCUT2D eigenvalue weighted by atomic mass is 35.5. The van der Waals surface area contributed by atoms with Crippen LogP contribution in [0.3, 0.4) is 0 Å². The van der Waals surface area contributed by atoms with E-state index in [0.29, 0.717) is 0 Å². The standard InChI is InChI=1S/C13H15N3OS.ClH/c1-16(12(17)10-6-4-8-14-10)13-15-9-5-2-3-7-11(9)18-13;/h2-3,5,7,10,14H,4,6,8H2,1H3;1H. The Morgan fingerprint density at radius 3 is 2.95 bits per heavy atom. The predicted molar refractivity (Wildman–Crippen MR) is 81.3 cm³/mol. The van der Waals surface area contributed by atoms with Gasteiger partial charge in [0, 0.05) is 7.05 Å². The molecule has 0 bridgehead atoms. The lowest BCUT2D eigenvalue weighted by molar-refractivity contribution is -0.119. The van der Waals surface area contributed by atoms with Gasteiger partial charge in [-0.05, 0) is 31.5 Å². The van der Waals surface area contributed by atoms with Crippen LogP contribution in [0.4, 0.5) is 5.13 Å². The molecular formula is C13H16ClN3OS. The third-order valence-corrected chi connectivity index (χ3v) is 4.37. The fourth-order valence-electron chi connectivity index (χ4n) is 2.23. The molecule has 1 N–H and O–H groups in total. The zero-order valence-electron chi connectivity index (χ0n) is 10.6. The number of hydrogen-bond donors (Lipinski definition) is 1. The van der Waals surface area contributed by atoms with Crippen LogP contribution in [0, 0.1) is 0 Å². The van der Waals surface area contributed by atoms with E-state index >= 15 is 0 Å². The topological polar surface area (TPSA) is 45.2 Å². The second-order valence-corrected chi connectivity index (χ2v) is 5.52. The summed E-state index contributed by atoms with van der Waals surface area (Å²) >= 11 is 1.56. The van der Waals surface area contributed by atoms with Gasteiger partial charge in [0.15, 0.2) is 5.13 Å². The Balaban J connectivity index is 0.00000133. The molecule has 1 aromatic carbocycles. The first-order valence-corrected chi connectivity index (χ1v) is 6.94. The lowest BCUT2D eigenvalue weighted by Gasteiger charge is -2.18. The highest BCUT2D eigenvalue weighted by Gasteiger charge is 2.26. The summed E-state index contributed by atoms with van der Waals surface area (Å²) in [5.41, 5.74) is 0.955. The Morgan fingerprint density at radius 1 is 1.47 bits per heavy atom. The van der Waals surface area contributed by atoms with Gasteiger partial charge in [0.25, 0.3) is 0 Å². The molecule has 1 aliphatic rings. The van der Waals surface area contributed by atoms with E-state index in [2.05, 4.69) is 10.3 Å². The smallest absolute Gasteiger partial charge is 0.245 e. The molecule has 0 radical (unpaired) electrons. The third-order valence-electron chi connectivity index (χ3n) is 3.26. The number of amides is 1. The van der Waals surface area contributed by atoms with E-state index < -0.39 is 0 Å². The van der Waals surface area contributed by atoms with E-state index in [9.17, 15) is 4.79 Å². The second kappa shape index (κ2) is 5.86. The van der Waals surface area contributed by atoms with Crippen LogP contribution in [0.5, 0.6) is 0 Å². The van der Waals surface area contributed by atoms with Crippen LogP contribution in [0.2, 0.25) is 0 Å². The average molecular weight is 298 g/mol. The zero-order chi connectivity index (χ0) is 12.5. The van der Waals surface area contributed by atoms with Crippen LogP contribution in [0.15, 0.2) is 24.3 Å². The van der Waals surface area contributed by atoms with Crippen molar-refractivity contribution in [2.75, 3.05) is 18.5 Å². The van der Waals surface area contributed by atoms with E-state index in [1.165, 1.54) is 0 Å². The first kappa shape index (κ1) is 14.2. The highest BCUT2D eigenvalue weighted by molar-refractivity contribution is 7.22. The van der Waals surface area contributed by atoms with Crippen molar-refractivity contribution in [1.29, 1.82) is 0 Å². The van der Waals surface area contributed by atoms with Crippen molar-refractivity contribution in [2.45, 2.75) is 18.9 Å². The zero-order valence-corrected chi connectivity index (χ0v) is 12.3. The summed E-state index contributed by atoms with van der Waals surface area (Å²) in [5, 5.41) is 4.00. The number of nitrogens with zero attached hydrogens (tertiary/aromatic N) is 2. The number of carbonyl (C=O) groups is 1. The fourth-order valence-corrected chi connectivity index (χ4v) is 3.16. The van der Waals surface area contributed by atoms with Crippen LogP contribution in [-0.2, 0) is 4.79 Å².